The number of urea groups is 1. The second-order valence-corrected chi connectivity index (χ2v) is 8.17. The van der Waals surface area contributed by atoms with Crippen LogP contribution in [0.3, 0.4) is 0 Å². The van der Waals surface area contributed by atoms with Crippen LogP contribution in [0.5, 0.6) is 0 Å². The number of hydrogen-bond acceptors (Lipinski definition) is 4. The standard InChI is InChI=1S/C21H30N4O3/c1-21(2,3)28-20(27)25-12-6-5-7-18(25)14-23-19(26)24(4)15-17-10-8-16(13-22)9-11-17/h8-11,18H,5-7,12,14-15H2,1-4H3,(H,23,26)/t18-/m1/s1. The highest BCUT2D eigenvalue weighted by Gasteiger charge is 2.30. The van der Waals surface area contributed by atoms with Gasteiger partial charge in [0.15, 0.2) is 0 Å². The molecular weight excluding hydrogens is 356 g/mol. The van der Waals surface area contributed by atoms with Crippen molar-refractivity contribution < 1.29 is 14.3 Å². The summed E-state index contributed by atoms with van der Waals surface area (Å²) in [6, 6.07) is 8.98. The van der Waals surface area contributed by atoms with Crippen molar-refractivity contribution in [1.29, 1.82) is 5.26 Å². The monoisotopic (exact) mass is 386 g/mol. The summed E-state index contributed by atoms with van der Waals surface area (Å²) in [7, 11) is 1.72. The second kappa shape index (κ2) is 9.45. The first kappa shape index (κ1) is 21.5. The van der Waals surface area contributed by atoms with E-state index in [9.17, 15) is 9.59 Å². The molecule has 1 aromatic carbocycles. The van der Waals surface area contributed by atoms with E-state index in [1.165, 1.54) is 0 Å². The van der Waals surface area contributed by atoms with Crippen LogP contribution in [0.4, 0.5) is 9.59 Å². The molecule has 0 saturated carbocycles. The van der Waals surface area contributed by atoms with E-state index in [-0.39, 0.29) is 18.2 Å². The van der Waals surface area contributed by atoms with Crippen LogP contribution in [-0.4, -0.2) is 53.7 Å². The fraction of sp³-hybridized carbons (Fsp3) is 0.571. The molecule has 1 N–H and O–H groups in total. The molecule has 1 aromatic rings. The first-order chi connectivity index (χ1) is 13.2. The first-order valence-electron chi connectivity index (χ1n) is 9.67. The number of nitriles is 1. The molecule has 7 nitrogen and oxygen atoms in total. The zero-order valence-corrected chi connectivity index (χ0v) is 17.2. The van der Waals surface area contributed by atoms with E-state index in [1.54, 1.807) is 29.0 Å². The number of benzene rings is 1. The van der Waals surface area contributed by atoms with Crippen LogP contribution in [0.15, 0.2) is 24.3 Å². The van der Waals surface area contributed by atoms with Gasteiger partial charge in [-0.2, -0.15) is 5.26 Å². The maximum absolute atomic E-state index is 12.5. The van der Waals surface area contributed by atoms with Crippen LogP contribution in [0, 0.1) is 11.3 Å². The molecule has 1 heterocycles. The van der Waals surface area contributed by atoms with E-state index in [4.69, 9.17) is 10.00 Å². The van der Waals surface area contributed by atoms with Crippen molar-refractivity contribution in [1.82, 2.24) is 15.1 Å². The van der Waals surface area contributed by atoms with Gasteiger partial charge in [0, 0.05) is 26.7 Å². The molecular formula is C21H30N4O3. The Morgan fingerprint density at radius 2 is 1.96 bits per heavy atom. The van der Waals surface area contributed by atoms with Crippen LogP contribution >= 0.6 is 0 Å². The summed E-state index contributed by atoms with van der Waals surface area (Å²) in [6.45, 7) is 7.04. The van der Waals surface area contributed by atoms with Gasteiger partial charge < -0.3 is 19.9 Å². The molecule has 1 aliphatic rings. The molecule has 1 aliphatic heterocycles. The molecule has 152 valence electrons. The van der Waals surface area contributed by atoms with E-state index < -0.39 is 5.60 Å². The quantitative estimate of drug-likeness (QED) is 0.858. The predicted octanol–water partition coefficient (Wildman–Crippen LogP) is 3.49. The Balaban J connectivity index is 1.88. The van der Waals surface area contributed by atoms with Gasteiger partial charge in [-0.3, -0.25) is 0 Å². The van der Waals surface area contributed by atoms with Crippen LogP contribution in [0.2, 0.25) is 0 Å². The van der Waals surface area contributed by atoms with Crippen molar-refractivity contribution in [3.8, 4) is 6.07 Å². The lowest BCUT2D eigenvalue weighted by atomic mass is 10.0. The predicted molar refractivity (Wildman–Crippen MR) is 107 cm³/mol. The summed E-state index contributed by atoms with van der Waals surface area (Å²) in [5.74, 6) is 0. The van der Waals surface area contributed by atoms with E-state index >= 15 is 0 Å². The van der Waals surface area contributed by atoms with Gasteiger partial charge in [0.05, 0.1) is 17.7 Å². The minimum atomic E-state index is -0.538. The minimum Gasteiger partial charge on any atom is -0.444 e. The highest BCUT2D eigenvalue weighted by Crippen LogP contribution is 2.20. The third-order valence-electron chi connectivity index (χ3n) is 4.59. The van der Waals surface area contributed by atoms with E-state index in [1.807, 2.05) is 32.9 Å². The summed E-state index contributed by atoms with van der Waals surface area (Å²) in [4.78, 5) is 28.2. The van der Waals surface area contributed by atoms with E-state index in [0.717, 1.165) is 24.8 Å². The lowest BCUT2D eigenvalue weighted by Crippen LogP contribution is -2.52. The van der Waals surface area contributed by atoms with Crippen molar-refractivity contribution in [3.63, 3.8) is 0 Å². The smallest absolute Gasteiger partial charge is 0.410 e. The number of likely N-dealkylation sites (tertiary alicyclic amines) is 1. The van der Waals surface area contributed by atoms with Crippen LogP contribution < -0.4 is 5.32 Å². The zero-order valence-electron chi connectivity index (χ0n) is 17.2. The Labute approximate surface area is 167 Å². The molecule has 28 heavy (non-hydrogen) atoms. The molecule has 0 radical (unpaired) electrons. The molecule has 0 aliphatic carbocycles. The van der Waals surface area contributed by atoms with Crippen LogP contribution in [0.1, 0.15) is 51.2 Å². The van der Waals surface area contributed by atoms with Crippen LogP contribution in [-0.2, 0) is 11.3 Å². The molecule has 1 fully saturated rings. The van der Waals surface area contributed by atoms with Crippen molar-refractivity contribution in [2.75, 3.05) is 20.1 Å². The SMILES string of the molecule is CN(Cc1ccc(C#N)cc1)C(=O)NC[C@H]1CCCCN1C(=O)OC(C)(C)C. The minimum absolute atomic E-state index is 0.0594. The Morgan fingerprint density at radius 1 is 1.29 bits per heavy atom. The third kappa shape index (κ3) is 6.45. The number of ether oxygens (including phenoxy) is 1. The average Bonchev–Trinajstić information content (AvgIpc) is 2.65. The molecule has 0 unspecified atom stereocenters. The molecule has 2 rings (SSSR count). The topological polar surface area (TPSA) is 85.7 Å². The average molecular weight is 386 g/mol. The van der Waals surface area contributed by atoms with Crippen molar-refractivity contribution >= 4 is 12.1 Å². The molecule has 0 aromatic heterocycles. The number of piperidine rings is 1. The maximum Gasteiger partial charge on any atom is 0.410 e. The van der Waals surface area contributed by atoms with Crippen molar-refractivity contribution in [2.45, 2.75) is 58.2 Å². The Morgan fingerprint density at radius 3 is 2.57 bits per heavy atom. The van der Waals surface area contributed by atoms with Gasteiger partial charge >= 0.3 is 12.1 Å². The molecule has 3 amide bonds. The van der Waals surface area contributed by atoms with Crippen molar-refractivity contribution in [3.05, 3.63) is 35.4 Å². The Bertz CT molecular complexity index is 719. The molecule has 1 atom stereocenters. The maximum atomic E-state index is 12.5. The lowest BCUT2D eigenvalue weighted by molar-refractivity contribution is 0.0101. The molecule has 1 saturated heterocycles. The fourth-order valence-electron chi connectivity index (χ4n) is 3.14. The Hall–Kier alpha value is -2.75. The Kier molecular flexibility index (Phi) is 7.27. The fourth-order valence-corrected chi connectivity index (χ4v) is 3.14. The van der Waals surface area contributed by atoms with Gasteiger partial charge in [0.2, 0.25) is 0 Å². The highest BCUT2D eigenvalue weighted by atomic mass is 16.6. The van der Waals surface area contributed by atoms with E-state index in [2.05, 4.69) is 11.4 Å². The molecule has 7 heteroatoms. The number of carbonyl (C=O) groups excluding carboxylic acids is 2. The summed E-state index contributed by atoms with van der Waals surface area (Å²) in [5.41, 5.74) is 1.00. The highest BCUT2D eigenvalue weighted by molar-refractivity contribution is 5.74. The second-order valence-electron chi connectivity index (χ2n) is 8.17. The van der Waals surface area contributed by atoms with Gasteiger partial charge in [-0.25, -0.2) is 9.59 Å². The largest absolute Gasteiger partial charge is 0.444 e. The summed E-state index contributed by atoms with van der Waals surface area (Å²) in [5, 5.41) is 11.8. The summed E-state index contributed by atoms with van der Waals surface area (Å²) in [6.07, 6.45) is 2.50. The summed E-state index contributed by atoms with van der Waals surface area (Å²) < 4.78 is 5.50. The van der Waals surface area contributed by atoms with Gasteiger partial charge in [-0.05, 0) is 57.7 Å². The third-order valence-corrected chi connectivity index (χ3v) is 4.59. The molecule has 0 spiro atoms. The number of nitrogens with zero attached hydrogens (tertiary/aromatic N) is 3. The normalized spacial score (nSPS) is 16.8. The number of carbonyl (C=O) groups is 2. The molecule has 0 bridgehead atoms. The number of nitrogens with one attached hydrogen (secondary N) is 1. The first-order valence-corrected chi connectivity index (χ1v) is 9.67. The number of amides is 3. The van der Waals surface area contributed by atoms with Gasteiger partial charge in [0.1, 0.15) is 5.60 Å². The summed E-state index contributed by atoms with van der Waals surface area (Å²) >= 11 is 0. The number of rotatable bonds is 4. The van der Waals surface area contributed by atoms with Crippen LogP contribution in [0.25, 0.3) is 0 Å². The zero-order chi connectivity index (χ0) is 20.7. The number of hydrogen-bond donors (Lipinski definition) is 1. The van der Waals surface area contributed by atoms with Gasteiger partial charge in [0.25, 0.3) is 0 Å². The van der Waals surface area contributed by atoms with Gasteiger partial charge in [-0.15, -0.1) is 0 Å². The lowest BCUT2D eigenvalue weighted by Gasteiger charge is -2.37. The van der Waals surface area contributed by atoms with Gasteiger partial charge in [-0.1, -0.05) is 12.1 Å². The van der Waals surface area contributed by atoms with Crippen molar-refractivity contribution in [2.24, 2.45) is 0 Å². The van der Waals surface area contributed by atoms with E-state index in [0.29, 0.717) is 25.2 Å².